The van der Waals surface area contributed by atoms with E-state index in [2.05, 4.69) is 33.0 Å². The van der Waals surface area contributed by atoms with E-state index in [0.717, 1.165) is 12.8 Å². The smallest absolute Gasteiger partial charge is 0.145 e. The summed E-state index contributed by atoms with van der Waals surface area (Å²) in [5.41, 5.74) is 0.220. The van der Waals surface area contributed by atoms with Crippen LogP contribution in [0.4, 0.5) is 0 Å². The maximum atomic E-state index is 11.3. The average Bonchev–Trinajstić information content (AvgIpc) is 1.49. The van der Waals surface area contributed by atoms with Gasteiger partial charge in [-0.25, -0.2) is 0 Å². The molecule has 0 atom stereocenters. The Hall–Kier alpha value is -0.370. The fourth-order valence-electron chi connectivity index (χ4n) is 2.24. The summed E-state index contributed by atoms with van der Waals surface area (Å²) < 4.78 is 0. The van der Waals surface area contributed by atoms with E-state index in [9.17, 15) is 4.79 Å². The van der Waals surface area contributed by atoms with Crippen molar-refractivity contribution in [1.82, 2.24) is 0 Å². The Morgan fingerprint density at radius 1 is 1.09 bits per heavy atom. The Morgan fingerprint density at radius 2 is 1.45 bits per heavy atom. The second-order valence-corrected chi connectivity index (χ2v) is 5.01. The zero-order valence-corrected chi connectivity index (χ0v) is 7.90. The van der Waals surface area contributed by atoms with Crippen LogP contribution in [0.25, 0.3) is 0 Å². The molecule has 0 radical (unpaired) electrons. The van der Waals surface area contributed by atoms with Crippen molar-refractivity contribution in [3.63, 3.8) is 0 Å². The highest BCUT2D eigenvalue weighted by molar-refractivity contribution is 5.80. The summed E-state index contributed by atoms with van der Waals surface area (Å²) in [6.45, 7) is 8.52. The summed E-state index contributed by atoms with van der Waals surface area (Å²) in [6, 6.07) is 0. The molecule has 1 heterocycles. The molecule has 1 rings (SSSR count). The Kier molecular flexibility index (Phi) is 1.83. The minimum atomic E-state index is 0.110. The lowest BCUT2D eigenvalue weighted by molar-refractivity contribution is -0.780. The Bertz CT molecular complexity index is 164. The summed E-state index contributed by atoms with van der Waals surface area (Å²) in [5.74, 6) is 0.405. The molecule has 2 heteroatoms. The maximum Gasteiger partial charge on any atom is 0.145 e. The van der Waals surface area contributed by atoms with Crippen molar-refractivity contribution in [3.8, 4) is 0 Å². The van der Waals surface area contributed by atoms with Gasteiger partial charge < -0.3 is 5.32 Å². The van der Waals surface area contributed by atoms with Crippen molar-refractivity contribution >= 4 is 5.78 Å². The summed E-state index contributed by atoms with van der Waals surface area (Å²) >= 11 is 0. The Labute approximate surface area is 68.4 Å². The maximum absolute atomic E-state index is 11.3. The van der Waals surface area contributed by atoms with E-state index in [0.29, 0.717) is 5.78 Å². The summed E-state index contributed by atoms with van der Waals surface area (Å²) in [7, 11) is 0. The SMILES string of the molecule is CC1(C)CC(=O)CC(C)(C)[NH2+]1. The van der Waals surface area contributed by atoms with Gasteiger partial charge in [-0.05, 0) is 27.7 Å². The Balaban J connectivity index is 2.74. The zero-order chi connectivity index (χ0) is 8.70. The number of nitrogens with two attached hydrogens (primary N) is 1. The molecular weight excluding hydrogens is 138 g/mol. The van der Waals surface area contributed by atoms with Crippen LogP contribution in [0.2, 0.25) is 0 Å². The van der Waals surface area contributed by atoms with Crippen LogP contribution in [0.15, 0.2) is 0 Å². The van der Waals surface area contributed by atoms with Gasteiger partial charge in [0.2, 0.25) is 0 Å². The predicted molar refractivity (Wildman–Crippen MR) is 44.3 cm³/mol. The molecule has 2 N–H and O–H groups in total. The minimum absolute atomic E-state index is 0.110. The van der Waals surface area contributed by atoms with E-state index in [1.54, 1.807) is 0 Å². The molecule has 0 spiro atoms. The molecule has 64 valence electrons. The zero-order valence-electron chi connectivity index (χ0n) is 7.90. The van der Waals surface area contributed by atoms with Crippen molar-refractivity contribution < 1.29 is 10.1 Å². The number of carbonyl (C=O) groups is 1. The lowest BCUT2D eigenvalue weighted by Gasteiger charge is -2.37. The number of hydrogen-bond donors (Lipinski definition) is 1. The molecule has 0 aliphatic carbocycles. The van der Waals surface area contributed by atoms with Gasteiger partial charge in [0.1, 0.15) is 5.78 Å². The molecule has 0 bridgehead atoms. The second-order valence-electron chi connectivity index (χ2n) is 5.01. The fourth-order valence-corrected chi connectivity index (χ4v) is 2.24. The van der Waals surface area contributed by atoms with Gasteiger partial charge in [0.15, 0.2) is 0 Å². The van der Waals surface area contributed by atoms with E-state index in [1.165, 1.54) is 0 Å². The summed E-state index contributed by atoms with van der Waals surface area (Å²) in [4.78, 5) is 11.3. The van der Waals surface area contributed by atoms with Crippen LogP contribution in [0.1, 0.15) is 40.5 Å². The number of Topliss-reactive ketones (excluding diaryl/α,β-unsaturated/α-hetero) is 1. The normalized spacial score (nSPS) is 28.5. The van der Waals surface area contributed by atoms with Gasteiger partial charge in [0.05, 0.1) is 23.9 Å². The molecule has 11 heavy (non-hydrogen) atoms. The van der Waals surface area contributed by atoms with Crippen LogP contribution in [0.5, 0.6) is 0 Å². The number of hydrogen-bond acceptors (Lipinski definition) is 1. The third-order valence-corrected chi connectivity index (χ3v) is 2.09. The third-order valence-electron chi connectivity index (χ3n) is 2.09. The molecule has 1 aliphatic rings. The van der Waals surface area contributed by atoms with Gasteiger partial charge in [-0.15, -0.1) is 0 Å². The lowest BCUT2D eigenvalue weighted by atomic mass is 9.82. The van der Waals surface area contributed by atoms with Crippen LogP contribution in [-0.2, 0) is 4.79 Å². The summed E-state index contributed by atoms with van der Waals surface area (Å²) in [6.07, 6.45) is 1.44. The van der Waals surface area contributed by atoms with Gasteiger partial charge >= 0.3 is 0 Å². The van der Waals surface area contributed by atoms with Gasteiger partial charge in [-0.2, -0.15) is 0 Å². The molecule has 1 fully saturated rings. The van der Waals surface area contributed by atoms with E-state index in [4.69, 9.17) is 0 Å². The highest BCUT2D eigenvalue weighted by atomic mass is 16.1. The largest absolute Gasteiger partial charge is 0.337 e. The van der Waals surface area contributed by atoms with Crippen molar-refractivity contribution in [2.45, 2.75) is 51.6 Å². The molecule has 2 nitrogen and oxygen atoms in total. The van der Waals surface area contributed by atoms with Gasteiger partial charge in [-0.3, -0.25) is 4.79 Å². The quantitative estimate of drug-likeness (QED) is 0.543. The molecule has 0 aromatic rings. The molecule has 1 saturated heterocycles. The molecule has 0 unspecified atom stereocenters. The van der Waals surface area contributed by atoms with Crippen LogP contribution in [0, 0.1) is 0 Å². The molecule has 1 aliphatic heterocycles. The number of rotatable bonds is 0. The average molecular weight is 156 g/mol. The minimum Gasteiger partial charge on any atom is -0.337 e. The molecule has 0 saturated carbocycles. The number of carbonyl (C=O) groups excluding carboxylic acids is 1. The summed E-state index contributed by atoms with van der Waals surface area (Å²) in [5, 5.41) is 2.31. The van der Waals surface area contributed by atoms with Gasteiger partial charge in [-0.1, -0.05) is 0 Å². The van der Waals surface area contributed by atoms with Crippen molar-refractivity contribution in [2.24, 2.45) is 0 Å². The highest BCUT2D eigenvalue weighted by Crippen LogP contribution is 2.17. The van der Waals surface area contributed by atoms with Crippen LogP contribution in [0.3, 0.4) is 0 Å². The first-order chi connectivity index (χ1) is 4.81. The van der Waals surface area contributed by atoms with E-state index >= 15 is 0 Å². The van der Waals surface area contributed by atoms with Crippen molar-refractivity contribution in [2.75, 3.05) is 0 Å². The van der Waals surface area contributed by atoms with E-state index in [-0.39, 0.29) is 11.1 Å². The fraction of sp³-hybridized carbons (Fsp3) is 0.889. The van der Waals surface area contributed by atoms with Gasteiger partial charge in [0.25, 0.3) is 0 Å². The first-order valence-electron chi connectivity index (χ1n) is 4.20. The molecule has 0 aromatic heterocycles. The topological polar surface area (TPSA) is 33.7 Å². The molecular formula is C9H18NO+. The number of piperidine rings is 1. The van der Waals surface area contributed by atoms with Crippen LogP contribution in [-0.4, -0.2) is 16.9 Å². The first kappa shape index (κ1) is 8.72. The van der Waals surface area contributed by atoms with Crippen LogP contribution >= 0.6 is 0 Å². The van der Waals surface area contributed by atoms with E-state index in [1.807, 2.05) is 0 Å². The third kappa shape index (κ3) is 2.29. The standard InChI is InChI=1S/C9H17NO/c1-8(2)5-7(11)6-9(3,4)10-8/h10H,5-6H2,1-4H3/p+1. The lowest BCUT2D eigenvalue weighted by Crippen LogP contribution is -3.05. The first-order valence-corrected chi connectivity index (χ1v) is 4.20. The molecule has 0 aromatic carbocycles. The van der Waals surface area contributed by atoms with Gasteiger partial charge in [0, 0.05) is 0 Å². The predicted octanol–water partition coefficient (Wildman–Crippen LogP) is 0.470. The van der Waals surface area contributed by atoms with Crippen molar-refractivity contribution in [1.29, 1.82) is 0 Å². The monoisotopic (exact) mass is 156 g/mol. The van der Waals surface area contributed by atoms with E-state index < -0.39 is 0 Å². The van der Waals surface area contributed by atoms with Crippen molar-refractivity contribution in [3.05, 3.63) is 0 Å². The number of quaternary nitrogens is 1. The number of ketones is 1. The van der Waals surface area contributed by atoms with Crippen LogP contribution < -0.4 is 5.32 Å². The highest BCUT2D eigenvalue weighted by Gasteiger charge is 2.40. The molecule has 0 amide bonds. The second kappa shape index (κ2) is 2.31. The Morgan fingerprint density at radius 3 is 1.73 bits per heavy atom.